The third-order valence-corrected chi connectivity index (χ3v) is 8.79. The van der Waals surface area contributed by atoms with E-state index in [0.29, 0.717) is 10.6 Å². The van der Waals surface area contributed by atoms with Crippen molar-refractivity contribution >= 4 is 9.84 Å². The van der Waals surface area contributed by atoms with Crippen LogP contribution in [0.3, 0.4) is 0 Å². The molecule has 0 aromatic heterocycles. The average molecular weight is 347 g/mol. The van der Waals surface area contributed by atoms with E-state index in [2.05, 4.69) is 0 Å². The van der Waals surface area contributed by atoms with Crippen LogP contribution in [0, 0.1) is 29.6 Å². The molecule has 132 valence electrons. The Hall–Kier alpha value is -0.830. The molecule has 4 aliphatic rings. The summed E-state index contributed by atoms with van der Waals surface area (Å²) in [4.78, 5) is 0.478. The second-order valence-electron chi connectivity index (χ2n) is 8.58. The highest BCUT2D eigenvalue weighted by molar-refractivity contribution is 7.91. The van der Waals surface area contributed by atoms with Crippen LogP contribution in [0.4, 0.5) is 0 Å². The number of benzene rings is 1. The molecule has 2 nitrogen and oxygen atoms in total. The first-order valence-electron chi connectivity index (χ1n) is 9.89. The summed E-state index contributed by atoms with van der Waals surface area (Å²) in [5, 5.41) is 0. The molecule has 24 heavy (non-hydrogen) atoms. The van der Waals surface area contributed by atoms with Crippen LogP contribution < -0.4 is 0 Å². The first-order valence-corrected chi connectivity index (χ1v) is 11.5. The van der Waals surface area contributed by atoms with Crippen molar-refractivity contribution in [3.8, 4) is 0 Å². The minimum absolute atomic E-state index is 0.304. The van der Waals surface area contributed by atoms with E-state index in [1.165, 1.54) is 44.9 Å². The molecule has 0 saturated heterocycles. The first-order chi connectivity index (χ1) is 11.6. The predicted molar refractivity (Wildman–Crippen MR) is 97.5 cm³/mol. The summed E-state index contributed by atoms with van der Waals surface area (Å²) in [6.45, 7) is 0. The second-order valence-corrected chi connectivity index (χ2v) is 10.7. The largest absolute Gasteiger partial charge is 0.224 e. The third-order valence-electron chi connectivity index (χ3n) is 6.97. The Morgan fingerprint density at radius 2 is 1.42 bits per heavy atom. The number of rotatable bonds is 7. The lowest BCUT2D eigenvalue weighted by Gasteiger charge is -2.54. The zero-order valence-corrected chi connectivity index (χ0v) is 15.4. The van der Waals surface area contributed by atoms with Gasteiger partial charge in [0, 0.05) is 0 Å². The first kappa shape index (κ1) is 16.6. The maximum Gasteiger partial charge on any atom is 0.178 e. The minimum atomic E-state index is -3.08. The SMILES string of the molecule is O=S(=O)(CCCCCC1C2CC3CC(C2)CC1C3)c1ccccc1. The van der Waals surface area contributed by atoms with Crippen LogP contribution in [-0.4, -0.2) is 14.2 Å². The normalized spacial score (nSPS) is 34.6. The molecule has 4 saturated carbocycles. The molecule has 4 aliphatic carbocycles. The molecule has 3 heteroatoms. The standard InChI is InChI=1S/C21H30O2S/c22-24(23,20-7-3-1-4-8-20)10-6-2-5-9-21-18-12-16-11-17(14-18)15-19(21)13-16/h1,3-4,7-8,16-19,21H,2,5-6,9-15H2. The lowest BCUT2D eigenvalue weighted by molar-refractivity contribution is -0.0404. The van der Waals surface area contributed by atoms with E-state index in [4.69, 9.17) is 0 Å². The molecular formula is C21H30O2S. The fraction of sp³-hybridized carbons (Fsp3) is 0.714. The molecule has 0 heterocycles. The molecule has 0 N–H and O–H groups in total. The van der Waals surface area contributed by atoms with Gasteiger partial charge in [0.25, 0.3) is 0 Å². The minimum Gasteiger partial charge on any atom is -0.224 e. The van der Waals surface area contributed by atoms with E-state index in [-0.39, 0.29) is 0 Å². The van der Waals surface area contributed by atoms with E-state index < -0.39 is 9.84 Å². The summed E-state index contributed by atoms with van der Waals surface area (Å²) in [5.41, 5.74) is 0. The van der Waals surface area contributed by atoms with Gasteiger partial charge in [-0.15, -0.1) is 0 Å². The molecule has 0 radical (unpaired) electrons. The van der Waals surface area contributed by atoms with Gasteiger partial charge >= 0.3 is 0 Å². The van der Waals surface area contributed by atoms with Crippen LogP contribution in [0.15, 0.2) is 35.2 Å². The highest BCUT2D eigenvalue weighted by Gasteiger charge is 2.47. The van der Waals surface area contributed by atoms with Crippen LogP contribution in [0.2, 0.25) is 0 Å². The lowest BCUT2D eigenvalue weighted by atomic mass is 9.51. The van der Waals surface area contributed by atoms with Crippen LogP contribution >= 0.6 is 0 Å². The maximum absolute atomic E-state index is 12.3. The van der Waals surface area contributed by atoms with Gasteiger partial charge in [0.1, 0.15) is 0 Å². The van der Waals surface area contributed by atoms with Crippen molar-refractivity contribution in [2.45, 2.75) is 62.7 Å². The van der Waals surface area contributed by atoms with Gasteiger partial charge in [-0.05, 0) is 86.7 Å². The Morgan fingerprint density at radius 1 is 0.792 bits per heavy atom. The summed E-state index contributed by atoms with van der Waals surface area (Å²) in [6, 6.07) is 8.90. The Balaban J connectivity index is 1.21. The van der Waals surface area contributed by atoms with Crippen molar-refractivity contribution in [3.63, 3.8) is 0 Å². The zero-order valence-electron chi connectivity index (χ0n) is 14.6. The quantitative estimate of drug-likeness (QED) is 0.644. The fourth-order valence-corrected chi connectivity index (χ4v) is 7.50. The highest BCUT2D eigenvalue weighted by Crippen LogP contribution is 2.57. The maximum atomic E-state index is 12.3. The van der Waals surface area contributed by atoms with Gasteiger partial charge in [0.2, 0.25) is 0 Å². The monoisotopic (exact) mass is 346 g/mol. The Kier molecular flexibility index (Phi) is 4.73. The van der Waals surface area contributed by atoms with Gasteiger partial charge in [-0.3, -0.25) is 0 Å². The molecule has 5 rings (SSSR count). The van der Waals surface area contributed by atoms with Gasteiger partial charge < -0.3 is 0 Å². The van der Waals surface area contributed by atoms with Gasteiger partial charge in [-0.25, -0.2) is 8.42 Å². The Morgan fingerprint density at radius 3 is 2.04 bits per heavy atom. The molecule has 4 fully saturated rings. The zero-order chi connectivity index (χ0) is 16.6. The van der Waals surface area contributed by atoms with E-state index in [1.807, 2.05) is 6.07 Å². The fourth-order valence-electron chi connectivity index (χ4n) is 6.10. The van der Waals surface area contributed by atoms with Crippen molar-refractivity contribution < 1.29 is 8.42 Å². The van der Waals surface area contributed by atoms with Crippen molar-refractivity contribution in [1.82, 2.24) is 0 Å². The van der Waals surface area contributed by atoms with E-state index in [9.17, 15) is 8.42 Å². The number of hydrogen-bond acceptors (Lipinski definition) is 2. The smallest absolute Gasteiger partial charge is 0.178 e. The van der Waals surface area contributed by atoms with E-state index in [0.717, 1.165) is 42.4 Å². The lowest BCUT2D eigenvalue weighted by Crippen LogP contribution is -2.44. The van der Waals surface area contributed by atoms with Gasteiger partial charge in [-0.2, -0.15) is 0 Å². The van der Waals surface area contributed by atoms with Gasteiger partial charge in [-0.1, -0.05) is 31.0 Å². The van der Waals surface area contributed by atoms with Crippen molar-refractivity contribution in [2.24, 2.45) is 29.6 Å². The van der Waals surface area contributed by atoms with Crippen LogP contribution in [0.1, 0.15) is 57.8 Å². The van der Waals surface area contributed by atoms with Crippen LogP contribution in [-0.2, 0) is 9.84 Å². The molecule has 0 unspecified atom stereocenters. The molecule has 1 aromatic carbocycles. The molecule has 0 amide bonds. The molecular weight excluding hydrogens is 316 g/mol. The molecule has 1 aromatic rings. The van der Waals surface area contributed by atoms with Crippen molar-refractivity contribution in [2.75, 3.05) is 5.75 Å². The Labute approximate surface area is 147 Å². The Bertz CT molecular complexity index is 622. The molecule has 0 aliphatic heterocycles. The summed E-state index contributed by atoms with van der Waals surface area (Å²) in [5.74, 6) is 5.39. The van der Waals surface area contributed by atoms with E-state index in [1.54, 1.807) is 24.3 Å². The van der Waals surface area contributed by atoms with Gasteiger partial charge in [0.15, 0.2) is 9.84 Å². The number of sulfone groups is 1. The average Bonchev–Trinajstić information content (AvgIpc) is 2.57. The van der Waals surface area contributed by atoms with E-state index >= 15 is 0 Å². The van der Waals surface area contributed by atoms with Crippen LogP contribution in [0.25, 0.3) is 0 Å². The predicted octanol–water partition coefficient (Wildman–Crippen LogP) is 5.09. The van der Waals surface area contributed by atoms with Gasteiger partial charge in [0.05, 0.1) is 10.6 Å². The summed E-state index contributed by atoms with van der Waals surface area (Å²) < 4.78 is 24.6. The molecule has 0 atom stereocenters. The highest BCUT2D eigenvalue weighted by atomic mass is 32.2. The summed E-state index contributed by atoms with van der Waals surface area (Å²) in [7, 11) is -3.08. The second kappa shape index (κ2) is 6.82. The molecule has 0 spiro atoms. The molecule has 4 bridgehead atoms. The summed E-state index contributed by atoms with van der Waals surface area (Å²) >= 11 is 0. The topological polar surface area (TPSA) is 34.1 Å². The number of hydrogen-bond donors (Lipinski definition) is 0. The summed E-state index contributed by atoms with van der Waals surface area (Å²) in [6.07, 6.45) is 12.0. The number of unbranched alkanes of at least 4 members (excludes halogenated alkanes) is 2. The van der Waals surface area contributed by atoms with Crippen LogP contribution in [0.5, 0.6) is 0 Å². The third kappa shape index (κ3) is 3.42. The van der Waals surface area contributed by atoms with Crippen molar-refractivity contribution in [1.29, 1.82) is 0 Å². The van der Waals surface area contributed by atoms with Crippen molar-refractivity contribution in [3.05, 3.63) is 30.3 Å².